The number of carbonyl (C=O) groups is 1. The van der Waals surface area contributed by atoms with E-state index in [1.54, 1.807) is 11.9 Å². The third kappa shape index (κ3) is 2.72. The summed E-state index contributed by atoms with van der Waals surface area (Å²) >= 11 is 0. The van der Waals surface area contributed by atoms with Gasteiger partial charge < -0.3 is 10.2 Å². The summed E-state index contributed by atoms with van der Waals surface area (Å²) in [7, 11) is -1.45. The number of hydrogen-bond donors (Lipinski definition) is 1. The number of fused-ring (bicyclic) bond motifs is 2. The van der Waals surface area contributed by atoms with E-state index in [0.29, 0.717) is 12.5 Å². The summed E-state index contributed by atoms with van der Waals surface area (Å²) in [6, 6.07) is -0.568. The van der Waals surface area contributed by atoms with Gasteiger partial charge in [0.25, 0.3) is 0 Å². The summed E-state index contributed by atoms with van der Waals surface area (Å²) in [5.74, 6) is 2.23. The monoisotopic (exact) mass is 300 g/mol. The molecule has 1 aliphatic heterocycles. The molecular formula is C14H24N2O3S. The summed E-state index contributed by atoms with van der Waals surface area (Å²) < 4.78 is 23.8. The zero-order valence-corrected chi connectivity index (χ0v) is 12.9. The Morgan fingerprint density at radius 1 is 1.30 bits per heavy atom. The lowest BCUT2D eigenvalue weighted by Gasteiger charge is -2.30. The molecule has 3 fully saturated rings. The van der Waals surface area contributed by atoms with Gasteiger partial charge in [-0.25, -0.2) is 8.42 Å². The van der Waals surface area contributed by atoms with Crippen LogP contribution in [-0.4, -0.2) is 56.9 Å². The minimum absolute atomic E-state index is 0.0312. The average molecular weight is 300 g/mol. The van der Waals surface area contributed by atoms with Crippen molar-refractivity contribution >= 4 is 15.7 Å². The Kier molecular flexibility index (Phi) is 3.79. The third-order valence-corrected chi connectivity index (χ3v) is 7.04. The molecule has 0 aromatic rings. The Labute approximate surface area is 121 Å². The van der Waals surface area contributed by atoms with E-state index < -0.39 is 15.9 Å². The molecule has 20 heavy (non-hydrogen) atoms. The Morgan fingerprint density at radius 2 is 2.10 bits per heavy atom. The molecule has 3 rings (SSSR count). The van der Waals surface area contributed by atoms with Crippen molar-refractivity contribution in [3.63, 3.8) is 0 Å². The maximum absolute atomic E-state index is 12.5. The molecule has 5 nitrogen and oxygen atoms in total. The fourth-order valence-electron chi connectivity index (χ4n) is 4.26. The van der Waals surface area contributed by atoms with Crippen LogP contribution >= 0.6 is 0 Å². The van der Waals surface area contributed by atoms with Crippen molar-refractivity contribution in [2.45, 2.75) is 31.7 Å². The van der Waals surface area contributed by atoms with Crippen LogP contribution in [0.1, 0.15) is 25.7 Å². The number of sulfone groups is 1. The maximum Gasteiger partial charge on any atom is 0.240 e. The van der Waals surface area contributed by atoms with Crippen LogP contribution in [0.3, 0.4) is 0 Å². The van der Waals surface area contributed by atoms with Crippen LogP contribution in [0.15, 0.2) is 0 Å². The molecule has 2 aliphatic carbocycles. The normalized spacial score (nSPS) is 40.0. The number of nitrogens with zero attached hydrogens (tertiary/aromatic N) is 1. The van der Waals surface area contributed by atoms with Gasteiger partial charge >= 0.3 is 0 Å². The van der Waals surface area contributed by atoms with Gasteiger partial charge in [-0.15, -0.1) is 0 Å². The minimum Gasteiger partial charge on any atom is -0.340 e. The highest BCUT2D eigenvalue weighted by Gasteiger charge is 2.42. The van der Waals surface area contributed by atoms with Gasteiger partial charge in [-0.2, -0.15) is 0 Å². The highest BCUT2D eigenvalue weighted by molar-refractivity contribution is 7.91. The second kappa shape index (κ2) is 5.30. The number of carbonyl (C=O) groups excluding carboxylic acids is 1. The van der Waals surface area contributed by atoms with Crippen LogP contribution in [0.2, 0.25) is 0 Å². The molecule has 0 aromatic heterocycles. The van der Waals surface area contributed by atoms with Gasteiger partial charge in [-0.3, -0.25) is 4.79 Å². The van der Waals surface area contributed by atoms with E-state index >= 15 is 0 Å². The summed E-state index contributed by atoms with van der Waals surface area (Å²) in [5.41, 5.74) is 0. The summed E-state index contributed by atoms with van der Waals surface area (Å²) in [5, 5.41) is 2.87. The van der Waals surface area contributed by atoms with Gasteiger partial charge in [0, 0.05) is 13.1 Å². The Morgan fingerprint density at radius 3 is 2.70 bits per heavy atom. The highest BCUT2D eigenvalue weighted by Crippen LogP contribution is 2.48. The molecule has 0 spiro atoms. The first-order valence-electron chi connectivity index (χ1n) is 7.65. The first-order chi connectivity index (χ1) is 9.48. The third-order valence-electron chi connectivity index (χ3n) is 5.39. The van der Waals surface area contributed by atoms with Gasteiger partial charge in [0.05, 0.1) is 11.5 Å². The predicted molar refractivity (Wildman–Crippen MR) is 77.0 cm³/mol. The highest BCUT2D eigenvalue weighted by atomic mass is 32.2. The number of rotatable bonds is 3. The Hall–Kier alpha value is -0.620. The van der Waals surface area contributed by atoms with E-state index in [1.165, 1.54) is 25.7 Å². The minimum atomic E-state index is -3.12. The molecule has 2 saturated carbocycles. The molecule has 1 amide bonds. The molecular weight excluding hydrogens is 276 g/mol. The zero-order valence-electron chi connectivity index (χ0n) is 12.0. The van der Waals surface area contributed by atoms with Crippen molar-refractivity contribution in [2.24, 2.45) is 17.8 Å². The largest absolute Gasteiger partial charge is 0.340 e. The number of nitrogens with one attached hydrogen (secondary N) is 1. The van der Waals surface area contributed by atoms with Crippen LogP contribution in [0.25, 0.3) is 0 Å². The molecule has 6 heteroatoms. The van der Waals surface area contributed by atoms with E-state index in [4.69, 9.17) is 0 Å². The van der Waals surface area contributed by atoms with E-state index in [1.807, 2.05) is 0 Å². The second-order valence-corrected chi connectivity index (χ2v) is 8.90. The van der Waals surface area contributed by atoms with Crippen molar-refractivity contribution in [3.05, 3.63) is 0 Å². The predicted octanol–water partition coefficient (Wildman–Crippen LogP) is 0.268. The lowest BCUT2D eigenvalue weighted by Crippen LogP contribution is -2.48. The molecule has 3 aliphatic rings. The van der Waals surface area contributed by atoms with Gasteiger partial charge in [-0.05, 0) is 44.1 Å². The maximum atomic E-state index is 12.5. The van der Waals surface area contributed by atoms with Gasteiger partial charge in [-0.1, -0.05) is 6.42 Å². The standard InChI is InChI=1S/C14H24N2O3S/c1-15-13-9-20(18,19)5-4-16(14(13)17)8-12-7-10-2-3-11(12)6-10/h10-13,15H,2-9H2,1H3. The number of hydrogen-bond acceptors (Lipinski definition) is 4. The van der Waals surface area contributed by atoms with Crippen molar-refractivity contribution in [1.29, 1.82) is 0 Å². The van der Waals surface area contributed by atoms with Crippen LogP contribution < -0.4 is 5.32 Å². The topological polar surface area (TPSA) is 66.5 Å². The fourth-order valence-corrected chi connectivity index (χ4v) is 5.74. The number of likely N-dealkylation sites (N-methyl/N-ethyl adjacent to an activating group) is 1. The molecule has 4 atom stereocenters. The molecule has 0 radical (unpaired) electrons. The second-order valence-electron chi connectivity index (χ2n) is 6.67. The summed E-state index contributed by atoms with van der Waals surface area (Å²) in [4.78, 5) is 14.3. The van der Waals surface area contributed by atoms with Crippen molar-refractivity contribution in [3.8, 4) is 0 Å². The van der Waals surface area contributed by atoms with E-state index in [9.17, 15) is 13.2 Å². The van der Waals surface area contributed by atoms with Crippen molar-refractivity contribution < 1.29 is 13.2 Å². The quantitative estimate of drug-likeness (QED) is 0.812. The lowest BCUT2D eigenvalue weighted by molar-refractivity contribution is -0.133. The Bertz CT molecular complexity index is 491. The van der Waals surface area contributed by atoms with E-state index in [0.717, 1.165) is 18.4 Å². The van der Waals surface area contributed by atoms with E-state index in [-0.39, 0.29) is 17.4 Å². The van der Waals surface area contributed by atoms with Crippen LogP contribution in [0, 0.1) is 17.8 Å². The molecule has 114 valence electrons. The average Bonchev–Trinajstić information content (AvgIpc) is 2.99. The van der Waals surface area contributed by atoms with Crippen molar-refractivity contribution in [2.75, 3.05) is 31.6 Å². The fraction of sp³-hybridized carbons (Fsp3) is 0.929. The van der Waals surface area contributed by atoms with Crippen LogP contribution in [0.5, 0.6) is 0 Å². The molecule has 2 bridgehead atoms. The summed E-state index contributed by atoms with van der Waals surface area (Å²) in [6.07, 6.45) is 5.19. The molecule has 1 N–H and O–H groups in total. The first-order valence-corrected chi connectivity index (χ1v) is 9.47. The van der Waals surface area contributed by atoms with Gasteiger partial charge in [0.15, 0.2) is 9.84 Å². The molecule has 1 heterocycles. The molecule has 1 saturated heterocycles. The van der Waals surface area contributed by atoms with Crippen molar-refractivity contribution in [1.82, 2.24) is 10.2 Å². The molecule has 0 aromatic carbocycles. The van der Waals surface area contributed by atoms with Gasteiger partial charge in [0.1, 0.15) is 6.04 Å². The molecule has 4 unspecified atom stereocenters. The lowest BCUT2D eigenvalue weighted by atomic mass is 9.88. The van der Waals surface area contributed by atoms with Crippen LogP contribution in [-0.2, 0) is 14.6 Å². The van der Waals surface area contributed by atoms with Gasteiger partial charge in [0.2, 0.25) is 5.91 Å². The number of amides is 1. The van der Waals surface area contributed by atoms with Crippen LogP contribution in [0.4, 0.5) is 0 Å². The first kappa shape index (κ1) is 14.3. The summed E-state index contributed by atoms with van der Waals surface area (Å²) in [6.45, 7) is 1.13. The van der Waals surface area contributed by atoms with E-state index in [2.05, 4.69) is 5.32 Å². The Balaban J connectivity index is 1.70. The zero-order chi connectivity index (χ0) is 14.3. The SMILES string of the molecule is CNC1CS(=O)(=O)CCN(CC2CC3CCC2C3)C1=O. The smallest absolute Gasteiger partial charge is 0.240 e.